The number of aryl methyl sites for hydroxylation is 1. The molecule has 2 aromatic heterocycles. The van der Waals surface area contributed by atoms with E-state index in [1.165, 1.54) is 4.90 Å². The molecule has 2 bridgehead atoms. The standard InChI is InChI=1S/C50H61ClN10O7S/c1-30(32-6-8-33(9-7-32)45-31(2)55-29-69-45)56-47(64)42-22-37(62)27-60(42)49(66)46(50(3,4)5)57-44(63)28-67-19-18-58-14-16-59(17-15-58)43-26-53-41(25-54-43)48(65)61-35-11-12-36(61)21-39(20-35)68-38-13-10-34(24-52)40(51)23-38/h6-10,13,23,25-26,29-30,35-37,39,42,46,62H,11-12,14-22,27-28H2,1-5H3,(H,56,64)(H,57,63). The summed E-state index contributed by atoms with van der Waals surface area (Å²) < 4.78 is 12.0. The Labute approximate surface area is 412 Å². The Morgan fingerprint density at radius 1 is 0.971 bits per heavy atom. The number of thiazole rings is 1. The highest BCUT2D eigenvalue weighted by atomic mass is 35.5. The highest BCUT2D eigenvalue weighted by molar-refractivity contribution is 7.13. The number of hydrogen-bond donors (Lipinski definition) is 3. The van der Waals surface area contributed by atoms with Gasteiger partial charge in [0.25, 0.3) is 5.91 Å². The summed E-state index contributed by atoms with van der Waals surface area (Å²) in [7, 11) is 0. The number of likely N-dealkylation sites (tertiary alicyclic amines) is 1. The zero-order valence-electron chi connectivity index (χ0n) is 39.8. The summed E-state index contributed by atoms with van der Waals surface area (Å²) in [5.41, 5.74) is 4.74. The maximum absolute atomic E-state index is 14.1. The lowest BCUT2D eigenvalue weighted by atomic mass is 9.85. The lowest BCUT2D eigenvalue weighted by Crippen LogP contribution is -2.58. The number of piperidine rings is 1. The number of aliphatic hydroxyl groups excluding tert-OH is 1. The molecule has 4 amide bonds. The van der Waals surface area contributed by atoms with Crippen molar-refractivity contribution >= 4 is 52.4 Å². The molecule has 19 heteroatoms. The molecule has 4 aliphatic rings. The van der Waals surface area contributed by atoms with E-state index in [0.29, 0.717) is 66.9 Å². The van der Waals surface area contributed by atoms with E-state index in [1.54, 1.807) is 41.9 Å². The number of aromatic nitrogens is 3. The highest BCUT2D eigenvalue weighted by Crippen LogP contribution is 2.39. The van der Waals surface area contributed by atoms with Crippen molar-refractivity contribution in [1.82, 2.24) is 40.3 Å². The Morgan fingerprint density at radius 3 is 2.32 bits per heavy atom. The molecule has 17 nitrogen and oxygen atoms in total. The molecule has 69 heavy (non-hydrogen) atoms. The van der Waals surface area contributed by atoms with Crippen molar-refractivity contribution in [3.05, 3.63) is 87.9 Å². The Hall–Kier alpha value is -5.71. The highest BCUT2D eigenvalue weighted by Gasteiger charge is 2.46. The Balaban J connectivity index is 0.756. The van der Waals surface area contributed by atoms with Crippen LogP contribution < -0.4 is 20.3 Å². The van der Waals surface area contributed by atoms with Crippen LogP contribution in [-0.4, -0.2) is 147 Å². The third-order valence-corrected chi connectivity index (χ3v) is 15.0. The molecule has 366 valence electrons. The molecule has 4 aliphatic heterocycles. The molecule has 0 radical (unpaired) electrons. The second-order valence-corrected chi connectivity index (χ2v) is 20.8. The van der Waals surface area contributed by atoms with Gasteiger partial charge in [0.05, 0.1) is 57.8 Å². The van der Waals surface area contributed by atoms with Crippen molar-refractivity contribution < 1.29 is 33.8 Å². The van der Waals surface area contributed by atoms with Crippen LogP contribution in [0, 0.1) is 23.7 Å². The van der Waals surface area contributed by atoms with E-state index in [2.05, 4.69) is 41.5 Å². The summed E-state index contributed by atoms with van der Waals surface area (Å²) in [5.74, 6) is -0.0505. The van der Waals surface area contributed by atoms with Gasteiger partial charge in [0.15, 0.2) is 0 Å². The van der Waals surface area contributed by atoms with Crippen LogP contribution in [0.5, 0.6) is 5.75 Å². The van der Waals surface area contributed by atoms with Gasteiger partial charge in [-0.25, -0.2) is 15.0 Å². The topological polar surface area (TPSA) is 206 Å². The fourth-order valence-electron chi connectivity index (χ4n) is 9.91. The smallest absolute Gasteiger partial charge is 0.274 e. The number of nitrogens with zero attached hydrogens (tertiary/aromatic N) is 8. The molecular weight excluding hydrogens is 920 g/mol. The molecule has 0 spiro atoms. The van der Waals surface area contributed by atoms with Gasteiger partial charge in [0, 0.05) is 76.7 Å². The number of nitriles is 1. The number of amides is 4. The molecule has 6 heterocycles. The van der Waals surface area contributed by atoms with E-state index in [1.807, 2.05) is 69.3 Å². The Morgan fingerprint density at radius 2 is 1.70 bits per heavy atom. The number of ether oxygens (including phenoxy) is 2. The average Bonchev–Trinajstić information content (AvgIpc) is 4.03. The quantitative estimate of drug-likeness (QED) is 0.132. The van der Waals surface area contributed by atoms with Gasteiger partial charge in [-0.15, -0.1) is 11.3 Å². The van der Waals surface area contributed by atoms with Gasteiger partial charge in [-0.3, -0.25) is 24.1 Å². The minimum atomic E-state index is -0.965. The van der Waals surface area contributed by atoms with Crippen LogP contribution in [0.15, 0.2) is 60.4 Å². The van der Waals surface area contributed by atoms with Crippen LogP contribution in [-0.2, 0) is 19.1 Å². The number of rotatable bonds is 15. The fraction of sp³-hybridized carbons (Fsp3) is 0.520. The second kappa shape index (κ2) is 21.5. The summed E-state index contributed by atoms with van der Waals surface area (Å²) in [6.45, 7) is 12.9. The van der Waals surface area contributed by atoms with E-state index >= 15 is 0 Å². The number of anilines is 1. The van der Waals surface area contributed by atoms with E-state index in [4.69, 9.17) is 21.1 Å². The summed E-state index contributed by atoms with van der Waals surface area (Å²) >= 11 is 7.79. The number of fused-ring (bicyclic) bond motifs is 2. The van der Waals surface area contributed by atoms with E-state index < -0.39 is 35.4 Å². The van der Waals surface area contributed by atoms with Crippen LogP contribution in [0.2, 0.25) is 5.02 Å². The number of piperazine rings is 1. The Kier molecular flexibility index (Phi) is 15.5. The molecule has 3 N–H and O–H groups in total. The van der Waals surface area contributed by atoms with E-state index in [-0.39, 0.29) is 55.6 Å². The maximum atomic E-state index is 14.1. The summed E-state index contributed by atoms with van der Waals surface area (Å²) in [4.78, 5) is 77.1. The van der Waals surface area contributed by atoms with Gasteiger partial charge in [0.2, 0.25) is 17.7 Å². The minimum Gasteiger partial charge on any atom is -0.490 e. The van der Waals surface area contributed by atoms with Gasteiger partial charge < -0.3 is 39.9 Å². The number of aliphatic hydroxyl groups is 1. The van der Waals surface area contributed by atoms with Crippen LogP contribution in [0.1, 0.15) is 93.2 Å². The number of hydrogen-bond acceptors (Lipinski definition) is 14. The van der Waals surface area contributed by atoms with E-state index in [0.717, 1.165) is 47.6 Å². The van der Waals surface area contributed by atoms with Crippen molar-refractivity contribution in [2.24, 2.45) is 5.41 Å². The predicted octanol–water partition coefficient (Wildman–Crippen LogP) is 5.16. The lowest BCUT2D eigenvalue weighted by Gasteiger charge is -2.38. The van der Waals surface area contributed by atoms with Crippen molar-refractivity contribution in [2.75, 3.05) is 57.4 Å². The maximum Gasteiger partial charge on any atom is 0.274 e. The molecule has 4 aromatic rings. The number of nitrogens with one attached hydrogen (secondary N) is 2. The van der Waals surface area contributed by atoms with Gasteiger partial charge in [-0.05, 0) is 55.4 Å². The Bertz CT molecular complexity index is 2510. The molecule has 4 saturated heterocycles. The second-order valence-electron chi connectivity index (χ2n) is 19.6. The number of carbonyl (C=O) groups is 4. The first kappa shape index (κ1) is 49.7. The average molecular weight is 982 g/mol. The monoisotopic (exact) mass is 980 g/mol. The van der Waals surface area contributed by atoms with E-state index in [9.17, 15) is 29.5 Å². The predicted molar refractivity (Wildman–Crippen MR) is 261 cm³/mol. The molecule has 8 rings (SSSR count). The van der Waals surface area contributed by atoms with Crippen LogP contribution in [0.4, 0.5) is 5.82 Å². The lowest BCUT2D eigenvalue weighted by molar-refractivity contribution is -0.144. The van der Waals surface area contributed by atoms with Crippen molar-refractivity contribution in [3.63, 3.8) is 0 Å². The third kappa shape index (κ3) is 11.7. The van der Waals surface area contributed by atoms with Crippen LogP contribution in [0.25, 0.3) is 10.4 Å². The number of benzene rings is 2. The van der Waals surface area contributed by atoms with Gasteiger partial charge in [-0.1, -0.05) is 56.6 Å². The normalized spacial score (nSPS) is 22.5. The molecule has 6 atom stereocenters. The largest absolute Gasteiger partial charge is 0.490 e. The van der Waals surface area contributed by atoms with Gasteiger partial charge in [-0.2, -0.15) is 5.26 Å². The van der Waals surface area contributed by atoms with Crippen LogP contribution >= 0.6 is 22.9 Å². The first-order chi connectivity index (χ1) is 33.1. The molecular formula is C50H61ClN10O7S. The molecule has 0 saturated carbocycles. The number of carbonyl (C=O) groups excluding carboxylic acids is 4. The number of halogens is 1. The molecule has 6 unspecified atom stereocenters. The molecule has 2 aromatic carbocycles. The van der Waals surface area contributed by atoms with Gasteiger partial charge >= 0.3 is 0 Å². The van der Waals surface area contributed by atoms with Crippen LogP contribution in [0.3, 0.4) is 0 Å². The van der Waals surface area contributed by atoms with Crippen molar-refractivity contribution in [1.29, 1.82) is 5.26 Å². The summed E-state index contributed by atoms with van der Waals surface area (Å²) in [5, 5.41) is 26.1. The number of β-amino-alcohol motifs (C(OH)–C–C–N with tert-alkyl or cyclic N) is 1. The zero-order valence-corrected chi connectivity index (χ0v) is 41.3. The SMILES string of the molecule is Cc1ncsc1-c1ccc(C(C)NC(=O)C2CC(O)CN2C(=O)C(NC(=O)COCCN2CCN(c3cnc(C(=O)N4C5CCC4CC(Oc4ccc(C#N)c(Cl)c4)C5)cn3)CC2)C(C)(C)C)cc1. The van der Waals surface area contributed by atoms with Gasteiger partial charge in [0.1, 0.15) is 48.1 Å². The molecule has 4 fully saturated rings. The fourth-order valence-corrected chi connectivity index (χ4v) is 10.9. The minimum absolute atomic E-state index is 0.0181. The first-order valence-corrected chi connectivity index (χ1v) is 25.0. The van der Waals surface area contributed by atoms with Crippen molar-refractivity contribution in [3.8, 4) is 22.3 Å². The summed E-state index contributed by atoms with van der Waals surface area (Å²) in [6, 6.07) is 13.0. The van der Waals surface area contributed by atoms with Crippen molar-refractivity contribution in [2.45, 2.75) is 109 Å². The molecule has 0 aliphatic carbocycles. The zero-order chi connectivity index (χ0) is 49.0. The first-order valence-electron chi connectivity index (χ1n) is 23.7. The third-order valence-electron chi connectivity index (χ3n) is 13.7. The summed E-state index contributed by atoms with van der Waals surface area (Å²) in [6.07, 6.45) is 5.60.